The molecular weight excluding hydrogens is 264 g/mol. The number of para-hydroxylation sites is 1. The third kappa shape index (κ3) is 2.39. The number of thiazole rings is 1. The normalized spacial score (nSPS) is 14.3. The highest BCUT2D eigenvalue weighted by Gasteiger charge is 2.26. The Morgan fingerprint density at radius 1 is 1.37 bits per heavy atom. The van der Waals surface area contributed by atoms with Crippen molar-refractivity contribution >= 4 is 22.4 Å². The van der Waals surface area contributed by atoms with E-state index < -0.39 is 11.7 Å². The molecule has 1 aromatic heterocycles. The third-order valence-corrected chi connectivity index (χ3v) is 3.77. The average molecular weight is 276 g/mol. The fourth-order valence-electron chi connectivity index (χ4n) is 1.79. The standard InChI is InChI=1S/C13H12N2O3S/c16-10-3-1-2-8(11(10)17)12(18)15-13-14-9(6-19-13)7-4-5-7/h1-3,6-7,16-17H,4-5H2,(H,14,15,18). The second-order valence-electron chi connectivity index (χ2n) is 4.48. The van der Waals surface area contributed by atoms with Gasteiger partial charge in [-0.3, -0.25) is 10.1 Å². The third-order valence-electron chi connectivity index (χ3n) is 3.00. The lowest BCUT2D eigenvalue weighted by atomic mass is 10.2. The number of aromatic hydroxyl groups is 2. The number of benzene rings is 1. The minimum Gasteiger partial charge on any atom is -0.504 e. The highest BCUT2D eigenvalue weighted by molar-refractivity contribution is 7.14. The number of hydrogen-bond donors (Lipinski definition) is 3. The fraction of sp³-hybridized carbons (Fsp3) is 0.231. The zero-order valence-corrected chi connectivity index (χ0v) is 10.8. The van der Waals surface area contributed by atoms with Gasteiger partial charge >= 0.3 is 0 Å². The Kier molecular flexibility index (Phi) is 2.87. The summed E-state index contributed by atoms with van der Waals surface area (Å²) in [5.74, 6) is -0.675. The maximum Gasteiger partial charge on any atom is 0.261 e. The summed E-state index contributed by atoms with van der Waals surface area (Å²) in [4.78, 5) is 16.3. The van der Waals surface area contributed by atoms with Gasteiger partial charge in [0.2, 0.25) is 0 Å². The molecule has 1 amide bonds. The summed E-state index contributed by atoms with van der Waals surface area (Å²) >= 11 is 1.36. The molecule has 1 aromatic carbocycles. The first-order valence-corrected chi connectivity index (χ1v) is 6.81. The molecule has 6 heteroatoms. The Bertz CT molecular complexity index is 635. The number of phenols is 2. The number of anilines is 1. The Morgan fingerprint density at radius 2 is 2.16 bits per heavy atom. The van der Waals surface area contributed by atoms with Gasteiger partial charge in [0.05, 0.1) is 11.3 Å². The average Bonchev–Trinajstić information content (AvgIpc) is 3.14. The summed E-state index contributed by atoms with van der Waals surface area (Å²) < 4.78 is 0. The van der Waals surface area contributed by atoms with Gasteiger partial charge in [0, 0.05) is 11.3 Å². The minimum atomic E-state index is -0.481. The van der Waals surface area contributed by atoms with E-state index in [1.165, 1.54) is 29.5 Å². The van der Waals surface area contributed by atoms with Crippen LogP contribution in [-0.4, -0.2) is 21.1 Å². The van der Waals surface area contributed by atoms with Gasteiger partial charge < -0.3 is 10.2 Å². The van der Waals surface area contributed by atoms with Crippen molar-refractivity contribution in [2.24, 2.45) is 0 Å². The summed E-state index contributed by atoms with van der Waals surface area (Å²) in [6, 6.07) is 4.27. The Hall–Kier alpha value is -2.08. The molecule has 19 heavy (non-hydrogen) atoms. The van der Waals surface area contributed by atoms with Crippen molar-refractivity contribution in [2.75, 3.05) is 5.32 Å². The number of nitrogens with zero attached hydrogens (tertiary/aromatic N) is 1. The van der Waals surface area contributed by atoms with Crippen LogP contribution in [-0.2, 0) is 0 Å². The van der Waals surface area contributed by atoms with Crippen LogP contribution < -0.4 is 5.32 Å². The zero-order chi connectivity index (χ0) is 13.4. The van der Waals surface area contributed by atoms with Gasteiger partial charge in [-0.25, -0.2) is 4.98 Å². The van der Waals surface area contributed by atoms with E-state index >= 15 is 0 Å². The topological polar surface area (TPSA) is 82.5 Å². The van der Waals surface area contributed by atoms with Gasteiger partial charge in [-0.15, -0.1) is 11.3 Å². The summed E-state index contributed by atoms with van der Waals surface area (Å²) in [5.41, 5.74) is 1.05. The van der Waals surface area contributed by atoms with E-state index in [0.717, 1.165) is 18.5 Å². The summed E-state index contributed by atoms with van der Waals surface area (Å²) in [6.45, 7) is 0. The van der Waals surface area contributed by atoms with E-state index in [-0.39, 0.29) is 11.3 Å². The maximum absolute atomic E-state index is 12.0. The molecule has 0 spiro atoms. The fourth-order valence-corrected chi connectivity index (χ4v) is 2.58. The van der Waals surface area contributed by atoms with Crippen LogP contribution in [0.25, 0.3) is 0 Å². The monoisotopic (exact) mass is 276 g/mol. The molecule has 1 aliphatic carbocycles. The lowest BCUT2D eigenvalue weighted by molar-refractivity contribution is 0.102. The minimum absolute atomic E-state index is 0.0307. The summed E-state index contributed by atoms with van der Waals surface area (Å²) in [5, 5.41) is 24.1. The van der Waals surface area contributed by atoms with Gasteiger partial charge in [-0.1, -0.05) is 6.07 Å². The molecule has 98 valence electrons. The Morgan fingerprint density at radius 3 is 2.89 bits per heavy atom. The molecular formula is C13H12N2O3S. The number of aromatic nitrogens is 1. The summed E-state index contributed by atoms with van der Waals surface area (Å²) in [6.07, 6.45) is 2.31. The number of phenolic OH excluding ortho intramolecular Hbond substituents is 2. The van der Waals surface area contributed by atoms with Gasteiger partial charge in [0.25, 0.3) is 5.91 Å². The first-order chi connectivity index (χ1) is 9.15. The van der Waals surface area contributed by atoms with Crippen molar-refractivity contribution in [2.45, 2.75) is 18.8 Å². The van der Waals surface area contributed by atoms with E-state index in [0.29, 0.717) is 11.0 Å². The lowest BCUT2D eigenvalue weighted by Gasteiger charge is -2.05. The molecule has 1 fully saturated rings. The van der Waals surface area contributed by atoms with E-state index in [4.69, 9.17) is 0 Å². The van der Waals surface area contributed by atoms with Gasteiger partial charge in [-0.05, 0) is 25.0 Å². The van der Waals surface area contributed by atoms with Crippen molar-refractivity contribution in [3.8, 4) is 11.5 Å². The van der Waals surface area contributed by atoms with Crippen LogP contribution >= 0.6 is 11.3 Å². The first-order valence-electron chi connectivity index (χ1n) is 5.93. The molecule has 1 saturated carbocycles. The van der Waals surface area contributed by atoms with Crippen LogP contribution in [0.1, 0.15) is 34.8 Å². The molecule has 3 rings (SSSR count). The highest BCUT2D eigenvalue weighted by atomic mass is 32.1. The number of hydrogen-bond acceptors (Lipinski definition) is 5. The van der Waals surface area contributed by atoms with Crippen molar-refractivity contribution in [1.82, 2.24) is 4.98 Å². The van der Waals surface area contributed by atoms with Gasteiger partial charge in [0.15, 0.2) is 16.6 Å². The first kappa shape index (κ1) is 12.0. The van der Waals surface area contributed by atoms with Crippen molar-refractivity contribution in [3.63, 3.8) is 0 Å². The molecule has 0 saturated heterocycles. The second kappa shape index (κ2) is 4.55. The predicted octanol–water partition coefficient (Wildman–Crippen LogP) is 2.68. The van der Waals surface area contributed by atoms with Gasteiger partial charge in [-0.2, -0.15) is 0 Å². The SMILES string of the molecule is O=C(Nc1nc(C2CC2)cs1)c1cccc(O)c1O. The molecule has 1 aliphatic rings. The number of carbonyl (C=O) groups excluding carboxylic acids is 1. The molecule has 3 N–H and O–H groups in total. The summed E-state index contributed by atoms with van der Waals surface area (Å²) in [7, 11) is 0. The molecule has 5 nitrogen and oxygen atoms in total. The number of nitrogens with one attached hydrogen (secondary N) is 1. The van der Waals surface area contributed by atoms with Crippen LogP contribution in [0.3, 0.4) is 0 Å². The van der Waals surface area contributed by atoms with Crippen LogP contribution in [0.15, 0.2) is 23.6 Å². The second-order valence-corrected chi connectivity index (χ2v) is 5.34. The molecule has 0 atom stereocenters. The molecule has 0 bridgehead atoms. The van der Waals surface area contributed by atoms with Crippen LogP contribution in [0, 0.1) is 0 Å². The largest absolute Gasteiger partial charge is 0.504 e. The predicted molar refractivity (Wildman–Crippen MR) is 71.8 cm³/mol. The zero-order valence-electron chi connectivity index (χ0n) is 9.96. The number of carbonyl (C=O) groups is 1. The smallest absolute Gasteiger partial charge is 0.261 e. The molecule has 1 heterocycles. The van der Waals surface area contributed by atoms with Gasteiger partial charge in [0.1, 0.15) is 0 Å². The highest BCUT2D eigenvalue weighted by Crippen LogP contribution is 2.41. The van der Waals surface area contributed by atoms with Crippen molar-refractivity contribution < 1.29 is 15.0 Å². The molecule has 0 radical (unpaired) electrons. The van der Waals surface area contributed by atoms with E-state index in [9.17, 15) is 15.0 Å². The number of rotatable bonds is 3. The van der Waals surface area contributed by atoms with E-state index in [2.05, 4.69) is 10.3 Å². The van der Waals surface area contributed by atoms with E-state index in [1.54, 1.807) is 0 Å². The van der Waals surface area contributed by atoms with Crippen molar-refractivity contribution in [1.29, 1.82) is 0 Å². The van der Waals surface area contributed by atoms with E-state index in [1.807, 2.05) is 5.38 Å². The van der Waals surface area contributed by atoms with Crippen LogP contribution in [0.5, 0.6) is 11.5 Å². The maximum atomic E-state index is 12.0. The quantitative estimate of drug-likeness (QED) is 0.753. The Labute approximate surface area is 113 Å². The molecule has 0 aliphatic heterocycles. The number of amides is 1. The van der Waals surface area contributed by atoms with Crippen LogP contribution in [0.2, 0.25) is 0 Å². The lowest BCUT2D eigenvalue weighted by Crippen LogP contribution is -2.11. The van der Waals surface area contributed by atoms with Crippen molar-refractivity contribution in [3.05, 3.63) is 34.8 Å². The van der Waals surface area contributed by atoms with Crippen LogP contribution in [0.4, 0.5) is 5.13 Å². The Balaban J connectivity index is 1.78. The molecule has 2 aromatic rings. The molecule has 0 unspecified atom stereocenters.